The van der Waals surface area contributed by atoms with Crippen LogP contribution in [0.1, 0.15) is 18.2 Å². The van der Waals surface area contributed by atoms with Gasteiger partial charge in [-0.1, -0.05) is 54.0 Å². The fourth-order valence-electron chi connectivity index (χ4n) is 2.52. The van der Waals surface area contributed by atoms with Crippen LogP contribution < -0.4 is 5.32 Å². The van der Waals surface area contributed by atoms with Gasteiger partial charge in [0.2, 0.25) is 5.91 Å². The highest BCUT2D eigenvalue weighted by Crippen LogP contribution is 2.23. The number of thioether (sulfide) groups is 1. The predicted octanol–water partition coefficient (Wildman–Crippen LogP) is 5.43. The predicted molar refractivity (Wildman–Crippen MR) is 108 cm³/mol. The summed E-state index contributed by atoms with van der Waals surface area (Å²) in [5.74, 6) is 1.66. The fourth-order valence-corrected chi connectivity index (χ4v) is 3.34. The van der Waals surface area contributed by atoms with Gasteiger partial charge in [0.25, 0.3) is 0 Å². The van der Waals surface area contributed by atoms with Gasteiger partial charge < -0.3 is 9.84 Å². The second kappa shape index (κ2) is 8.92. The van der Waals surface area contributed by atoms with Crippen LogP contribution in [0, 0.1) is 0 Å². The van der Waals surface area contributed by atoms with Crippen molar-refractivity contribution in [2.24, 2.45) is 0 Å². The van der Waals surface area contributed by atoms with E-state index in [-0.39, 0.29) is 5.91 Å². The molecule has 4 nitrogen and oxygen atoms in total. The third-order valence-corrected chi connectivity index (χ3v) is 5.06. The van der Waals surface area contributed by atoms with Crippen LogP contribution in [0.25, 0.3) is 11.3 Å². The first-order chi connectivity index (χ1) is 12.7. The Morgan fingerprint density at radius 1 is 1.19 bits per heavy atom. The van der Waals surface area contributed by atoms with Crippen molar-refractivity contribution in [1.29, 1.82) is 0 Å². The zero-order valence-corrected chi connectivity index (χ0v) is 15.9. The maximum Gasteiger partial charge on any atom is 0.234 e. The number of hydrogen-bond acceptors (Lipinski definition) is 4. The van der Waals surface area contributed by atoms with E-state index in [0.29, 0.717) is 16.5 Å². The van der Waals surface area contributed by atoms with Gasteiger partial charge in [-0.15, -0.1) is 11.8 Å². The summed E-state index contributed by atoms with van der Waals surface area (Å²) in [6.07, 6.45) is 0.884. The van der Waals surface area contributed by atoms with E-state index in [1.807, 2.05) is 54.6 Å². The van der Waals surface area contributed by atoms with Gasteiger partial charge in [0.15, 0.2) is 0 Å². The topological polar surface area (TPSA) is 55.1 Å². The molecule has 1 heterocycles. The van der Waals surface area contributed by atoms with E-state index in [2.05, 4.69) is 17.4 Å². The minimum Gasteiger partial charge on any atom is -0.360 e. The third-order valence-electron chi connectivity index (χ3n) is 3.85. The smallest absolute Gasteiger partial charge is 0.234 e. The molecule has 0 bridgehead atoms. The molecule has 1 N–H and O–H groups in total. The number of nitrogens with zero attached hydrogens (tertiary/aromatic N) is 1. The Morgan fingerprint density at radius 3 is 2.73 bits per heavy atom. The van der Waals surface area contributed by atoms with Crippen LogP contribution in [-0.4, -0.2) is 16.8 Å². The molecule has 6 heteroatoms. The largest absolute Gasteiger partial charge is 0.360 e. The Hall–Kier alpha value is -2.24. The van der Waals surface area contributed by atoms with Crippen molar-refractivity contribution in [3.05, 3.63) is 70.9 Å². The number of aromatic nitrogens is 1. The Morgan fingerprint density at radius 2 is 1.96 bits per heavy atom. The summed E-state index contributed by atoms with van der Waals surface area (Å²) in [7, 11) is 0. The number of amides is 1. The quantitative estimate of drug-likeness (QED) is 0.588. The van der Waals surface area contributed by atoms with Crippen molar-refractivity contribution < 1.29 is 9.32 Å². The molecule has 3 rings (SSSR count). The number of aryl methyl sites for hydroxylation is 1. The average molecular weight is 387 g/mol. The lowest BCUT2D eigenvalue weighted by Gasteiger charge is -2.09. The molecule has 0 atom stereocenters. The molecule has 0 aliphatic carbocycles. The van der Waals surface area contributed by atoms with Crippen LogP contribution in [0.3, 0.4) is 0 Å². The first-order valence-corrected chi connectivity index (χ1v) is 9.86. The Balaban J connectivity index is 1.50. The zero-order valence-electron chi connectivity index (χ0n) is 14.4. The highest BCUT2D eigenvalue weighted by Gasteiger charge is 2.09. The van der Waals surface area contributed by atoms with Crippen molar-refractivity contribution in [3.63, 3.8) is 0 Å². The Kier molecular flexibility index (Phi) is 6.36. The second-order valence-corrected chi connectivity index (χ2v) is 7.16. The van der Waals surface area contributed by atoms with Crippen LogP contribution in [0.5, 0.6) is 0 Å². The van der Waals surface area contributed by atoms with Crippen LogP contribution in [-0.2, 0) is 17.0 Å². The van der Waals surface area contributed by atoms with Crippen LogP contribution >= 0.6 is 23.4 Å². The molecule has 3 aromatic rings. The maximum atomic E-state index is 12.1. The number of nitrogens with one attached hydrogen (secondary N) is 1. The minimum atomic E-state index is -0.0201. The first kappa shape index (κ1) is 18.5. The molecule has 26 heavy (non-hydrogen) atoms. The molecule has 2 aromatic carbocycles. The molecular formula is C20H19ClN2O2S. The van der Waals surface area contributed by atoms with E-state index in [9.17, 15) is 4.79 Å². The molecule has 0 spiro atoms. The Labute approximate surface area is 161 Å². The number of halogens is 1. The standard InChI is InChI=1S/C20H19ClN2O2S/c1-2-14-5-3-4-6-18(14)22-20(24)13-26-12-17-11-19(23-25-17)15-7-9-16(21)10-8-15/h3-11H,2,12-13H2,1H3,(H,22,24). The zero-order chi connectivity index (χ0) is 18.4. The van der Waals surface area contributed by atoms with Crippen molar-refractivity contribution in [2.75, 3.05) is 11.1 Å². The van der Waals surface area contributed by atoms with Gasteiger partial charge in [0.1, 0.15) is 11.5 Å². The van der Waals surface area contributed by atoms with Gasteiger partial charge in [0, 0.05) is 22.3 Å². The van der Waals surface area contributed by atoms with Crippen LogP contribution in [0.4, 0.5) is 5.69 Å². The number of anilines is 1. The summed E-state index contributed by atoms with van der Waals surface area (Å²) >= 11 is 7.39. The number of hydrogen-bond donors (Lipinski definition) is 1. The van der Waals surface area contributed by atoms with Crippen molar-refractivity contribution in [3.8, 4) is 11.3 Å². The molecule has 0 saturated heterocycles. The molecule has 0 aliphatic rings. The van der Waals surface area contributed by atoms with E-state index in [0.717, 1.165) is 34.7 Å². The van der Waals surface area contributed by atoms with Gasteiger partial charge >= 0.3 is 0 Å². The average Bonchev–Trinajstić information content (AvgIpc) is 3.11. The Bertz CT molecular complexity index is 878. The molecule has 1 amide bonds. The lowest BCUT2D eigenvalue weighted by molar-refractivity contribution is -0.113. The fraction of sp³-hybridized carbons (Fsp3) is 0.200. The SMILES string of the molecule is CCc1ccccc1NC(=O)CSCc1cc(-c2ccc(Cl)cc2)no1. The van der Waals surface area contributed by atoms with Gasteiger partial charge in [-0.05, 0) is 30.2 Å². The number of benzene rings is 2. The van der Waals surface area contributed by atoms with E-state index >= 15 is 0 Å². The van der Waals surface area contributed by atoms with Crippen LogP contribution in [0.2, 0.25) is 5.02 Å². The summed E-state index contributed by atoms with van der Waals surface area (Å²) in [6, 6.07) is 17.2. The van der Waals surface area contributed by atoms with E-state index in [1.54, 1.807) is 0 Å². The summed E-state index contributed by atoms with van der Waals surface area (Å²) in [4.78, 5) is 12.1. The van der Waals surface area contributed by atoms with E-state index in [1.165, 1.54) is 11.8 Å². The van der Waals surface area contributed by atoms with Crippen molar-refractivity contribution >= 4 is 35.0 Å². The van der Waals surface area contributed by atoms with E-state index in [4.69, 9.17) is 16.1 Å². The van der Waals surface area contributed by atoms with Crippen molar-refractivity contribution in [1.82, 2.24) is 5.16 Å². The number of rotatable bonds is 7. The summed E-state index contributed by atoms with van der Waals surface area (Å²) < 4.78 is 5.35. The molecule has 134 valence electrons. The van der Waals surface area contributed by atoms with Crippen LogP contribution in [0.15, 0.2) is 59.1 Å². The summed E-state index contributed by atoms with van der Waals surface area (Å²) in [6.45, 7) is 2.07. The monoisotopic (exact) mass is 386 g/mol. The molecule has 0 fully saturated rings. The van der Waals surface area contributed by atoms with Gasteiger partial charge in [-0.3, -0.25) is 4.79 Å². The first-order valence-electron chi connectivity index (χ1n) is 8.32. The molecular weight excluding hydrogens is 368 g/mol. The van der Waals surface area contributed by atoms with Gasteiger partial charge in [-0.2, -0.15) is 0 Å². The molecule has 0 aliphatic heterocycles. The number of para-hydroxylation sites is 1. The lowest BCUT2D eigenvalue weighted by atomic mass is 10.1. The van der Waals surface area contributed by atoms with Crippen molar-refractivity contribution in [2.45, 2.75) is 19.1 Å². The lowest BCUT2D eigenvalue weighted by Crippen LogP contribution is -2.15. The number of carbonyl (C=O) groups is 1. The summed E-state index contributed by atoms with van der Waals surface area (Å²) in [5, 5.41) is 7.72. The maximum absolute atomic E-state index is 12.1. The minimum absolute atomic E-state index is 0.0201. The van der Waals surface area contributed by atoms with Gasteiger partial charge in [-0.25, -0.2) is 0 Å². The second-order valence-electron chi connectivity index (χ2n) is 5.74. The molecule has 0 radical (unpaired) electrons. The summed E-state index contributed by atoms with van der Waals surface area (Å²) in [5.41, 5.74) is 3.72. The molecule has 0 unspecified atom stereocenters. The number of carbonyl (C=O) groups excluding carboxylic acids is 1. The highest BCUT2D eigenvalue weighted by atomic mass is 35.5. The van der Waals surface area contributed by atoms with Gasteiger partial charge in [0.05, 0.1) is 11.5 Å². The third kappa shape index (κ3) is 4.90. The molecule has 1 aromatic heterocycles. The van der Waals surface area contributed by atoms with E-state index < -0.39 is 0 Å². The normalized spacial score (nSPS) is 10.7. The highest BCUT2D eigenvalue weighted by molar-refractivity contribution is 7.99. The molecule has 0 saturated carbocycles.